The minimum Gasteiger partial charge on any atom is -0.481 e. The zero-order valence-corrected chi connectivity index (χ0v) is 18.5. The van der Waals surface area contributed by atoms with Crippen molar-refractivity contribution in [3.63, 3.8) is 0 Å². The van der Waals surface area contributed by atoms with Crippen molar-refractivity contribution in [2.45, 2.75) is 39.7 Å². The van der Waals surface area contributed by atoms with E-state index < -0.39 is 11.9 Å². The molecule has 0 aliphatic carbocycles. The molecule has 0 amide bonds. The molecule has 7 heteroatoms. The molecule has 0 saturated carbocycles. The van der Waals surface area contributed by atoms with Crippen molar-refractivity contribution >= 4 is 17.5 Å². The highest BCUT2D eigenvalue weighted by molar-refractivity contribution is 5.72. The number of epoxide rings is 1. The smallest absolute Gasteiger partial charge is 0.309 e. The molecular weight excluding hydrogens is 406 g/mol. The Kier molecular flexibility index (Phi) is 6.37. The SMILES string of the molecule is CCc1nc(C)c(Oc2ccnc(Nc3cccc(CC(C(=O)O)C4CO4)c3)c2)cc1C. The third-order valence-electron chi connectivity index (χ3n) is 5.54. The van der Waals surface area contributed by atoms with Crippen LogP contribution < -0.4 is 10.1 Å². The van der Waals surface area contributed by atoms with Crippen molar-refractivity contribution < 1.29 is 19.4 Å². The van der Waals surface area contributed by atoms with Gasteiger partial charge in [0, 0.05) is 23.6 Å². The van der Waals surface area contributed by atoms with E-state index >= 15 is 0 Å². The molecule has 166 valence electrons. The molecule has 2 aromatic heterocycles. The number of nitrogens with one attached hydrogen (secondary N) is 1. The van der Waals surface area contributed by atoms with Crippen LogP contribution in [0.5, 0.6) is 11.5 Å². The number of benzene rings is 1. The van der Waals surface area contributed by atoms with Gasteiger partial charge in [0.15, 0.2) is 0 Å². The van der Waals surface area contributed by atoms with Crippen LogP contribution in [0.1, 0.15) is 29.4 Å². The molecular formula is C25H27N3O4. The van der Waals surface area contributed by atoms with E-state index in [1.54, 1.807) is 12.3 Å². The molecule has 4 rings (SSSR count). The van der Waals surface area contributed by atoms with Gasteiger partial charge in [-0.3, -0.25) is 9.78 Å². The zero-order chi connectivity index (χ0) is 22.7. The van der Waals surface area contributed by atoms with E-state index in [1.807, 2.05) is 50.2 Å². The molecule has 1 aliphatic heterocycles. The van der Waals surface area contributed by atoms with Crippen LogP contribution in [0.4, 0.5) is 11.5 Å². The quantitative estimate of drug-likeness (QED) is 0.466. The number of aliphatic carboxylic acids is 1. The minimum absolute atomic E-state index is 0.187. The van der Waals surface area contributed by atoms with E-state index in [9.17, 15) is 9.90 Å². The summed E-state index contributed by atoms with van der Waals surface area (Å²) in [6.07, 6.45) is 2.80. The van der Waals surface area contributed by atoms with E-state index in [-0.39, 0.29) is 6.10 Å². The number of hydrogen-bond acceptors (Lipinski definition) is 6. The summed E-state index contributed by atoms with van der Waals surface area (Å²) in [5.41, 5.74) is 4.78. The van der Waals surface area contributed by atoms with Crippen LogP contribution in [-0.4, -0.2) is 33.8 Å². The first-order valence-electron chi connectivity index (χ1n) is 10.7. The summed E-state index contributed by atoms with van der Waals surface area (Å²) < 4.78 is 11.3. The second-order valence-electron chi connectivity index (χ2n) is 8.01. The summed E-state index contributed by atoms with van der Waals surface area (Å²) >= 11 is 0. The van der Waals surface area contributed by atoms with Gasteiger partial charge < -0.3 is 19.9 Å². The Balaban J connectivity index is 1.47. The summed E-state index contributed by atoms with van der Waals surface area (Å²) in [6, 6.07) is 13.3. The predicted octanol–water partition coefficient (Wildman–Crippen LogP) is 4.83. The van der Waals surface area contributed by atoms with Gasteiger partial charge in [-0.1, -0.05) is 19.1 Å². The minimum atomic E-state index is -0.829. The summed E-state index contributed by atoms with van der Waals surface area (Å²) in [5, 5.41) is 12.7. The van der Waals surface area contributed by atoms with Crippen molar-refractivity contribution in [1.82, 2.24) is 9.97 Å². The van der Waals surface area contributed by atoms with Crippen LogP contribution in [0.2, 0.25) is 0 Å². The van der Waals surface area contributed by atoms with Gasteiger partial charge >= 0.3 is 5.97 Å². The molecule has 2 N–H and O–H groups in total. The second kappa shape index (κ2) is 9.36. The number of anilines is 2. The number of ether oxygens (including phenoxy) is 2. The fraction of sp³-hybridized carbons (Fsp3) is 0.320. The van der Waals surface area contributed by atoms with Crippen molar-refractivity contribution in [2.75, 3.05) is 11.9 Å². The molecule has 3 aromatic rings. The van der Waals surface area contributed by atoms with Crippen LogP contribution in [0.15, 0.2) is 48.7 Å². The van der Waals surface area contributed by atoms with Crippen LogP contribution in [0.25, 0.3) is 0 Å². The van der Waals surface area contributed by atoms with E-state index in [4.69, 9.17) is 9.47 Å². The molecule has 0 radical (unpaired) electrons. The van der Waals surface area contributed by atoms with Gasteiger partial charge in [0.25, 0.3) is 0 Å². The molecule has 0 bridgehead atoms. The number of aryl methyl sites for hydroxylation is 3. The topological polar surface area (TPSA) is 96.9 Å². The number of rotatable bonds is 9. The van der Waals surface area contributed by atoms with E-state index in [1.165, 1.54) is 0 Å². The molecule has 1 saturated heterocycles. The highest BCUT2D eigenvalue weighted by Crippen LogP contribution is 2.29. The Morgan fingerprint density at radius 1 is 1.28 bits per heavy atom. The second-order valence-corrected chi connectivity index (χ2v) is 8.01. The lowest BCUT2D eigenvalue weighted by atomic mass is 9.96. The van der Waals surface area contributed by atoms with Crippen LogP contribution in [-0.2, 0) is 22.4 Å². The largest absolute Gasteiger partial charge is 0.481 e. The first kappa shape index (κ1) is 21.8. The third kappa shape index (κ3) is 5.23. The maximum absolute atomic E-state index is 11.5. The lowest BCUT2D eigenvalue weighted by Gasteiger charge is -2.13. The Morgan fingerprint density at radius 2 is 2.09 bits per heavy atom. The molecule has 1 fully saturated rings. The number of carbonyl (C=O) groups is 1. The summed E-state index contributed by atoms with van der Waals surface area (Å²) in [6.45, 7) is 6.58. The Labute approximate surface area is 187 Å². The number of nitrogens with zero attached hydrogens (tertiary/aromatic N) is 2. The summed E-state index contributed by atoms with van der Waals surface area (Å²) in [7, 11) is 0. The normalized spacial score (nSPS) is 15.8. The van der Waals surface area contributed by atoms with Crippen molar-refractivity contribution in [1.29, 1.82) is 0 Å². The standard InChI is InChI=1S/C25H27N3O4/c1-4-21-15(2)10-22(16(3)27-21)32-19-8-9-26-24(13-19)28-18-7-5-6-17(11-18)12-20(25(29)30)23-14-31-23/h5-11,13,20,23H,4,12,14H2,1-3H3,(H,26,28)(H,29,30). The first-order chi connectivity index (χ1) is 15.4. The van der Waals surface area contributed by atoms with Crippen molar-refractivity contribution in [3.05, 3.63) is 71.2 Å². The van der Waals surface area contributed by atoms with Gasteiger partial charge in [-0.25, -0.2) is 4.98 Å². The number of aromatic nitrogens is 2. The highest BCUT2D eigenvalue weighted by Gasteiger charge is 2.37. The van der Waals surface area contributed by atoms with Gasteiger partial charge in [0.2, 0.25) is 0 Å². The lowest BCUT2D eigenvalue weighted by Crippen LogP contribution is -2.22. The number of carboxylic acids is 1. The van der Waals surface area contributed by atoms with Crippen LogP contribution in [0, 0.1) is 19.8 Å². The van der Waals surface area contributed by atoms with Gasteiger partial charge in [0.1, 0.15) is 17.3 Å². The van der Waals surface area contributed by atoms with Gasteiger partial charge in [0.05, 0.1) is 24.3 Å². The van der Waals surface area contributed by atoms with Gasteiger partial charge in [-0.2, -0.15) is 0 Å². The molecule has 2 unspecified atom stereocenters. The average molecular weight is 434 g/mol. The molecule has 2 atom stereocenters. The monoisotopic (exact) mass is 433 g/mol. The molecule has 32 heavy (non-hydrogen) atoms. The highest BCUT2D eigenvalue weighted by atomic mass is 16.6. The average Bonchev–Trinajstić information content (AvgIpc) is 3.60. The van der Waals surface area contributed by atoms with Gasteiger partial charge in [-0.05, 0) is 62.1 Å². The molecule has 0 spiro atoms. The Morgan fingerprint density at radius 3 is 2.81 bits per heavy atom. The van der Waals surface area contributed by atoms with E-state index in [0.29, 0.717) is 24.6 Å². The summed E-state index contributed by atoms with van der Waals surface area (Å²) in [4.78, 5) is 20.5. The van der Waals surface area contributed by atoms with Crippen LogP contribution >= 0.6 is 0 Å². The van der Waals surface area contributed by atoms with E-state index in [2.05, 4.69) is 22.2 Å². The number of carboxylic acid groups (broad SMARTS) is 1. The maximum atomic E-state index is 11.5. The van der Waals surface area contributed by atoms with Crippen molar-refractivity contribution in [3.8, 4) is 11.5 Å². The number of hydrogen-bond donors (Lipinski definition) is 2. The third-order valence-corrected chi connectivity index (χ3v) is 5.54. The zero-order valence-electron chi connectivity index (χ0n) is 18.5. The van der Waals surface area contributed by atoms with Gasteiger partial charge in [-0.15, -0.1) is 0 Å². The molecule has 1 aromatic carbocycles. The molecule has 1 aliphatic rings. The van der Waals surface area contributed by atoms with Crippen LogP contribution in [0.3, 0.4) is 0 Å². The predicted molar refractivity (Wildman–Crippen MR) is 122 cm³/mol. The van der Waals surface area contributed by atoms with E-state index in [0.717, 1.165) is 40.4 Å². The Hall–Kier alpha value is -3.45. The first-order valence-corrected chi connectivity index (χ1v) is 10.7. The fourth-order valence-corrected chi connectivity index (χ4v) is 3.70. The Bertz CT molecular complexity index is 1130. The molecule has 7 nitrogen and oxygen atoms in total. The summed E-state index contributed by atoms with van der Waals surface area (Å²) in [5.74, 6) is 0.654. The number of pyridine rings is 2. The lowest BCUT2D eigenvalue weighted by molar-refractivity contribution is -0.142. The van der Waals surface area contributed by atoms with Crippen molar-refractivity contribution in [2.24, 2.45) is 5.92 Å². The molecule has 3 heterocycles. The fourth-order valence-electron chi connectivity index (χ4n) is 3.70. The maximum Gasteiger partial charge on any atom is 0.309 e.